The van der Waals surface area contributed by atoms with Gasteiger partial charge in [0.05, 0.1) is 5.41 Å². The van der Waals surface area contributed by atoms with Crippen LogP contribution in [0.2, 0.25) is 0 Å². The molecule has 56 valence electrons. The number of Topliss-reactive ketones (excluding diaryl/α,β-unsaturated/α-hetero) is 1. The molecular weight excluding hydrogens is 146 g/mol. The van der Waals surface area contributed by atoms with Gasteiger partial charge in [-0.25, -0.2) is 0 Å². The molecule has 0 aromatic carbocycles. The molecule has 2 fully saturated rings. The minimum atomic E-state index is 0.0723. The Labute approximate surface area is 64.8 Å². The van der Waals surface area contributed by atoms with Crippen LogP contribution in [0.25, 0.3) is 0 Å². The van der Waals surface area contributed by atoms with Crippen LogP contribution in [0.1, 0.15) is 6.42 Å². The molecule has 2 rings (SSSR count). The van der Waals surface area contributed by atoms with Crippen molar-refractivity contribution in [1.29, 1.82) is 0 Å². The number of hydrogen-bond donors (Lipinski definition) is 1. The molecule has 0 saturated carbocycles. The average molecular weight is 157 g/mol. The van der Waals surface area contributed by atoms with Gasteiger partial charge in [-0.15, -0.1) is 0 Å². The number of carbonyl (C=O) groups is 1. The van der Waals surface area contributed by atoms with E-state index in [0.29, 0.717) is 5.78 Å². The summed E-state index contributed by atoms with van der Waals surface area (Å²) in [6, 6.07) is 0. The minimum absolute atomic E-state index is 0.0723. The van der Waals surface area contributed by atoms with Gasteiger partial charge in [-0.3, -0.25) is 4.79 Å². The first-order valence-electron chi connectivity index (χ1n) is 3.65. The molecule has 0 amide bonds. The lowest BCUT2D eigenvalue weighted by atomic mass is 9.82. The molecule has 0 aliphatic carbocycles. The lowest BCUT2D eigenvalue weighted by Gasteiger charge is -2.42. The average Bonchev–Trinajstić information content (AvgIpc) is 1.85. The number of ketones is 1. The van der Waals surface area contributed by atoms with E-state index in [1.807, 2.05) is 11.8 Å². The van der Waals surface area contributed by atoms with Crippen molar-refractivity contribution >= 4 is 17.5 Å². The molecule has 0 aromatic heterocycles. The van der Waals surface area contributed by atoms with E-state index < -0.39 is 0 Å². The van der Waals surface area contributed by atoms with E-state index in [1.54, 1.807) is 0 Å². The van der Waals surface area contributed by atoms with E-state index in [2.05, 4.69) is 5.32 Å². The highest BCUT2D eigenvalue weighted by molar-refractivity contribution is 8.00. The zero-order chi connectivity index (χ0) is 7.03. The molecule has 2 heterocycles. The Morgan fingerprint density at radius 1 is 1.50 bits per heavy atom. The van der Waals surface area contributed by atoms with Gasteiger partial charge in [-0.2, -0.15) is 11.8 Å². The van der Waals surface area contributed by atoms with Crippen molar-refractivity contribution in [3.63, 3.8) is 0 Å². The summed E-state index contributed by atoms with van der Waals surface area (Å²) in [7, 11) is 0. The van der Waals surface area contributed by atoms with Crippen molar-refractivity contribution < 1.29 is 4.79 Å². The summed E-state index contributed by atoms with van der Waals surface area (Å²) >= 11 is 1.89. The normalized spacial score (nSPS) is 30.2. The van der Waals surface area contributed by atoms with Crippen molar-refractivity contribution in [3.05, 3.63) is 0 Å². The maximum atomic E-state index is 11.3. The summed E-state index contributed by atoms with van der Waals surface area (Å²) in [4.78, 5) is 11.3. The minimum Gasteiger partial charge on any atom is -0.315 e. The molecule has 2 aliphatic heterocycles. The zero-order valence-electron chi connectivity index (χ0n) is 5.85. The summed E-state index contributed by atoms with van der Waals surface area (Å²) in [6.45, 7) is 1.82. The number of nitrogens with one attached hydrogen (secondary N) is 1. The molecular formula is C7H11NOS. The maximum Gasteiger partial charge on any atom is 0.143 e. The summed E-state index contributed by atoms with van der Waals surface area (Å²) < 4.78 is 0. The topological polar surface area (TPSA) is 29.1 Å². The molecule has 2 aliphatic rings. The second-order valence-corrected chi connectivity index (χ2v) is 4.11. The fraction of sp³-hybridized carbons (Fsp3) is 0.857. The third-order valence-corrected chi connectivity index (χ3v) is 3.85. The van der Waals surface area contributed by atoms with Crippen LogP contribution < -0.4 is 5.32 Å². The molecule has 2 saturated heterocycles. The SMILES string of the molecule is O=C1CCNCC12CSC2. The summed E-state index contributed by atoms with van der Waals surface area (Å²) in [5.41, 5.74) is 0.0723. The maximum absolute atomic E-state index is 11.3. The predicted molar refractivity (Wildman–Crippen MR) is 42.3 cm³/mol. The Morgan fingerprint density at radius 2 is 2.30 bits per heavy atom. The highest BCUT2D eigenvalue weighted by atomic mass is 32.2. The van der Waals surface area contributed by atoms with Crippen molar-refractivity contribution in [3.8, 4) is 0 Å². The monoisotopic (exact) mass is 157 g/mol. The van der Waals surface area contributed by atoms with Gasteiger partial charge in [0.25, 0.3) is 0 Å². The third-order valence-electron chi connectivity index (χ3n) is 2.34. The van der Waals surface area contributed by atoms with Gasteiger partial charge in [0.15, 0.2) is 0 Å². The van der Waals surface area contributed by atoms with Crippen LogP contribution in [0.3, 0.4) is 0 Å². The van der Waals surface area contributed by atoms with Crippen LogP contribution in [-0.4, -0.2) is 30.4 Å². The number of carbonyl (C=O) groups excluding carboxylic acids is 1. The first-order valence-corrected chi connectivity index (χ1v) is 4.81. The van der Waals surface area contributed by atoms with Crippen LogP contribution in [0.4, 0.5) is 0 Å². The molecule has 2 nitrogen and oxygen atoms in total. The highest BCUT2D eigenvalue weighted by Gasteiger charge is 2.45. The molecule has 10 heavy (non-hydrogen) atoms. The Morgan fingerprint density at radius 3 is 2.70 bits per heavy atom. The largest absolute Gasteiger partial charge is 0.315 e. The van der Waals surface area contributed by atoms with Crippen LogP contribution >= 0.6 is 11.8 Å². The molecule has 0 radical (unpaired) electrons. The van der Waals surface area contributed by atoms with Crippen molar-refractivity contribution in [2.45, 2.75) is 6.42 Å². The highest BCUT2D eigenvalue weighted by Crippen LogP contribution is 2.40. The van der Waals surface area contributed by atoms with Crippen LogP contribution in [0.15, 0.2) is 0 Å². The summed E-state index contributed by atoms with van der Waals surface area (Å²) in [6.07, 6.45) is 0.751. The van der Waals surface area contributed by atoms with Crippen molar-refractivity contribution in [2.75, 3.05) is 24.6 Å². The van der Waals surface area contributed by atoms with Crippen LogP contribution in [-0.2, 0) is 4.79 Å². The standard InChI is InChI=1S/C7H11NOS/c9-6-1-2-8-3-7(6)4-10-5-7/h8H,1-5H2. The molecule has 3 heteroatoms. The van der Waals surface area contributed by atoms with Crippen LogP contribution in [0.5, 0.6) is 0 Å². The molecule has 0 unspecified atom stereocenters. The van der Waals surface area contributed by atoms with Crippen molar-refractivity contribution in [2.24, 2.45) is 5.41 Å². The zero-order valence-corrected chi connectivity index (χ0v) is 6.67. The van der Waals surface area contributed by atoms with E-state index in [-0.39, 0.29) is 5.41 Å². The molecule has 0 atom stereocenters. The summed E-state index contributed by atoms with van der Waals surface area (Å²) in [5.74, 6) is 2.60. The fourth-order valence-electron chi connectivity index (χ4n) is 1.50. The first-order chi connectivity index (χ1) is 4.83. The Kier molecular flexibility index (Phi) is 1.49. The van der Waals surface area contributed by atoms with Crippen LogP contribution in [0, 0.1) is 5.41 Å². The van der Waals surface area contributed by atoms with Gasteiger partial charge >= 0.3 is 0 Å². The summed E-state index contributed by atoms with van der Waals surface area (Å²) in [5, 5.41) is 3.27. The second kappa shape index (κ2) is 2.24. The molecule has 0 aromatic rings. The van der Waals surface area contributed by atoms with Gasteiger partial charge in [-0.1, -0.05) is 0 Å². The van der Waals surface area contributed by atoms with Crippen molar-refractivity contribution in [1.82, 2.24) is 5.32 Å². The number of rotatable bonds is 0. The van der Waals surface area contributed by atoms with E-state index in [9.17, 15) is 4.79 Å². The fourth-order valence-corrected chi connectivity index (χ4v) is 2.73. The number of hydrogen-bond acceptors (Lipinski definition) is 3. The van der Waals surface area contributed by atoms with Gasteiger partial charge in [-0.05, 0) is 0 Å². The second-order valence-electron chi connectivity index (χ2n) is 3.12. The number of piperidine rings is 1. The third kappa shape index (κ3) is 0.805. The predicted octanol–water partition coefficient (Wildman–Crippen LogP) is 0.282. The Bertz CT molecular complexity index is 165. The lowest BCUT2D eigenvalue weighted by Crippen LogP contribution is -2.54. The van der Waals surface area contributed by atoms with E-state index in [0.717, 1.165) is 31.0 Å². The molecule has 1 spiro atoms. The Balaban J connectivity index is 2.10. The quantitative estimate of drug-likeness (QED) is 0.547. The van der Waals surface area contributed by atoms with E-state index >= 15 is 0 Å². The Hall–Kier alpha value is -0.0200. The lowest BCUT2D eigenvalue weighted by molar-refractivity contribution is -0.128. The van der Waals surface area contributed by atoms with Gasteiger partial charge < -0.3 is 5.32 Å². The van der Waals surface area contributed by atoms with E-state index in [1.165, 1.54) is 0 Å². The van der Waals surface area contributed by atoms with Gasteiger partial charge in [0, 0.05) is 31.0 Å². The molecule has 1 N–H and O–H groups in total. The number of thioether (sulfide) groups is 1. The van der Waals surface area contributed by atoms with E-state index in [4.69, 9.17) is 0 Å². The molecule has 0 bridgehead atoms. The smallest absolute Gasteiger partial charge is 0.143 e. The first kappa shape index (κ1) is 6.68. The van der Waals surface area contributed by atoms with Gasteiger partial charge in [0.2, 0.25) is 0 Å². The van der Waals surface area contributed by atoms with Gasteiger partial charge in [0.1, 0.15) is 5.78 Å².